The van der Waals surface area contributed by atoms with Crippen LogP contribution in [0.25, 0.3) is 0 Å². The summed E-state index contributed by atoms with van der Waals surface area (Å²) in [5.41, 5.74) is 0. The van der Waals surface area contributed by atoms with E-state index in [1.807, 2.05) is 10.8 Å². The van der Waals surface area contributed by atoms with Crippen molar-refractivity contribution in [2.75, 3.05) is 0 Å². The molecule has 0 N–H and O–H groups in total. The Balaban J connectivity index is 2.09. The fourth-order valence-electron chi connectivity index (χ4n) is 1.47. The molecular weight excluding hydrogens is 224 g/mol. The lowest BCUT2D eigenvalue weighted by Gasteiger charge is -2.04. The van der Waals surface area contributed by atoms with E-state index in [1.54, 1.807) is 6.20 Å². The molecule has 0 aliphatic rings. The lowest BCUT2D eigenvalue weighted by Crippen LogP contribution is -2.09. The Hall–Kier alpha value is -1.56. The van der Waals surface area contributed by atoms with Crippen LogP contribution < -0.4 is 0 Å². The average molecular weight is 236 g/mol. The number of imidazole rings is 1. The number of aromatic nitrogens is 4. The van der Waals surface area contributed by atoms with Crippen molar-refractivity contribution in [1.82, 2.24) is 19.1 Å². The Bertz CT molecular complexity index is 463. The van der Waals surface area contributed by atoms with Crippen molar-refractivity contribution < 1.29 is 4.79 Å². The number of carbonyl (C=O) groups excluding carboxylic acids is 1. The molecule has 0 radical (unpaired) electrons. The second-order valence-corrected chi connectivity index (χ2v) is 4.20. The summed E-state index contributed by atoms with van der Waals surface area (Å²) in [7, 11) is 0. The topological polar surface area (TPSA) is 60.7 Å². The summed E-state index contributed by atoms with van der Waals surface area (Å²) in [5, 5.41) is 3.65. The fraction of sp³-hybridized carbons (Fsp3) is 0.400. The largest absolute Gasteiger partial charge is 0.335 e. The number of nitrogens with zero attached hydrogens (tertiary/aromatic N) is 4. The lowest BCUT2D eigenvalue weighted by atomic mass is 10.2. The Morgan fingerprint density at radius 3 is 3.12 bits per heavy atom. The maximum absolute atomic E-state index is 11.8. The van der Waals surface area contributed by atoms with E-state index in [4.69, 9.17) is 0 Å². The van der Waals surface area contributed by atoms with Gasteiger partial charge in [0.05, 0.1) is 12.6 Å². The fourth-order valence-corrected chi connectivity index (χ4v) is 1.92. The Morgan fingerprint density at radius 1 is 1.56 bits per heavy atom. The number of hydrogen-bond acceptors (Lipinski definition) is 5. The van der Waals surface area contributed by atoms with Gasteiger partial charge in [0.25, 0.3) is 0 Å². The third-order valence-electron chi connectivity index (χ3n) is 2.22. The molecule has 5 nitrogen and oxygen atoms in total. The van der Waals surface area contributed by atoms with Crippen LogP contribution in [0.2, 0.25) is 0 Å². The predicted molar refractivity (Wildman–Crippen MR) is 60.5 cm³/mol. The van der Waals surface area contributed by atoms with Gasteiger partial charge in [-0.1, -0.05) is 11.4 Å². The van der Waals surface area contributed by atoms with Crippen LogP contribution in [0.3, 0.4) is 0 Å². The van der Waals surface area contributed by atoms with Crippen molar-refractivity contribution in [3.8, 4) is 0 Å². The Morgan fingerprint density at radius 2 is 2.44 bits per heavy atom. The minimum atomic E-state index is 0.0264. The van der Waals surface area contributed by atoms with Gasteiger partial charge >= 0.3 is 0 Å². The molecule has 2 aromatic rings. The van der Waals surface area contributed by atoms with E-state index in [-0.39, 0.29) is 5.78 Å². The van der Waals surface area contributed by atoms with Crippen molar-refractivity contribution in [2.24, 2.45) is 0 Å². The van der Waals surface area contributed by atoms with Crippen LogP contribution in [0.15, 0.2) is 18.6 Å². The van der Waals surface area contributed by atoms with E-state index in [2.05, 4.69) is 21.5 Å². The molecule has 0 aromatic carbocycles. The van der Waals surface area contributed by atoms with Crippen molar-refractivity contribution >= 4 is 17.3 Å². The number of carbonyl (C=O) groups is 1. The van der Waals surface area contributed by atoms with Gasteiger partial charge in [-0.2, -0.15) is 0 Å². The summed E-state index contributed by atoms with van der Waals surface area (Å²) >= 11 is 1.12. The smallest absolute Gasteiger partial charge is 0.183 e. The molecule has 0 saturated carbocycles. The second kappa shape index (κ2) is 4.98. The normalized spacial score (nSPS) is 10.6. The Labute approximate surface area is 97.3 Å². The maximum Gasteiger partial charge on any atom is 0.183 e. The lowest BCUT2D eigenvalue weighted by molar-refractivity contribution is 0.0993. The van der Waals surface area contributed by atoms with Crippen molar-refractivity contribution in [1.29, 1.82) is 0 Å². The van der Waals surface area contributed by atoms with Crippen LogP contribution in [-0.2, 0) is 13.0 Å². The predicted octanol–water partition coefficient (Wildman–Crippen LogP) is 1.57. The SMILES string of the molecule is CCCn1ccnc1CC(=O)c1cnns1. The summed E-state index contributed by atoms with van der Waals surface area (Å²) in [4.78, 5) is 16.6. The first kappa shape index (κ1) is 10.9. The molecular formula is C10H12N4OS. The molecule has 0 amide bonds. The molecule has 0 fully saturated rings. The summed E-state index contributed by atoms with van der Waals surface area (Å²) in [6.07, 6.45) is 6.47. The summed E-state index contributed by atoms with van der Waals surface area (Å²) in [5.74, 6) is 0.832. The van der Waals surface area contributed by atoms with E-state index in [0.29, 0.717) is 11.3 Å². The number of aryl methyl sites for hydroxylation is 1. The summed E-state index contributed by atoms with van der Waals surface area (Å²) < 4.78 is 5.68. The molecule has 16 heavy (non-hydrogen) atoms. The molecule has 0 spiro atoms. The zero-order chi connectivity index (χ0) is 11.4. The highest BCUT2D eigenvalue weighted by Gasteiger charge is 2.12. The van der Waals surface area contributed by atoms with Crippen LogP contribution in [0.1, 0.15) is 28.8 Å². The highest BCUT2D eigenvalue weighted by atomic mass is 32.1. The van der Waals surface area contributed by atoms with Gasteiger partial charge in [0.15, 0.2) is 5.78 Å². The van der Waals surface area contributed by atoms with Gasteiger partial charge in [0, 0.05) is 18.9 Å². The number of Topliss-reactive ketones (excluding diaryl/α,β-unsaturated/α-hetero) is 1. The summed E-state index contributed by atoms with van der Waals surface area (Å²) in [6.45, 7) is 2.99. The van der Waals surface area contributed by atoms with Gasteiger partial charge in [-0.15, -0.1) is 5.10 Å². The first-order valence-electron chi connectivity index (χ1n) is 5.12. The van der Waals surface area contributed by atoms with Gasteiger partial charge in [-0.05, 0) is 18.0 Å². The highest BCUT2D eigenvalue weighted by Crippen LogP contribution is 2.08. The van der Waals surface area contributed by atoms with Gasteiger partial charge in [-0.25, -0.2) is 4.98 Å². The van der Waals surface area contributed by atoms with Gasteiger partial charge in [0.1, 0.15) is 10.7 Å². The van der Waals surface area contributed by atoms with E-state index in [1.165, 1.54) is 6.20 Å². The van der Waals surface area contributed by atoms with Crippen LogP contribution in [0, 0.1) is 0 Å². The average Bonchev–Trinajstić information content (AvgIpc) is 2.90. The molecule has 0 bridgehead atoms. The van der Waals surface area contributed by atoms with Gasteiger partial charge < -0.3 is 4.57 Å². The molecule has 2 heterocycles. The standard InChI is InChI=1S/C10H12N4OS/c1-2-4-14-5-3-11-10(14)6-8(15)9-7-12-13-16-9/h3,5,7H,2,4,6H2,1H3. The third-order valence-corrected chi connectivity index (χ3v) is 2.93. The number of hydrogen-bond donors (Lipinski definition) is 0. The van der Waals surface area contributed by atoms with E-state index < -0.39 is 0 Å². The highest BCUT2D eigenvalue weighted by molar-refractivity contribution is 7.07. The third kappa shape index (κ3) is 2.33. The summed E-state index contributed by atoms with van der Waals surface area (Å²) in [6, 6.07) is 0. The van der Waals surface area contributed by atoms with Crippen LogP contribution >= 0.6 is 11.5 Å². The van der Waals surface area contributed by atoms with Crippen molar-refractivity contribution in [3.63, 3.8) is 0 Å². The number of rotatable bonds is 5. The number of ketones is 1. The van der Waals surface area contributed by atoms with Crippen LogP contribution in [0.5, 0.6) is 0 Å². The van der Waals surface area contributed by atoms with E-state index in [9.17, 15) is 4.79 Å². The van der Waals surface area contributed by atoms with Crippen LogP contribution in [-0.4, -0.2) is 24.9 Å². The molecule has 0 unspecified atom stereocenters. The van der Waals surface area contributed by atoms with E-state index >= 15 is 0 Å². The molecule has 0 atom stereocenters. The van der Waals surface area contributed by atoms with E-state index in [0.717, 1.165) is 30.3 Å². The first-order valence-corrected chi connectivity index (χ1v) is 5.89. The van der Waals surface area contributed by atoms with Crippen molar-refractivity contribution in [3.05, 3.63) is 29.3 Å². The first-order chi connectivity index (χ1) is 7.81. The quantitative estimate of drug-likeness (QED) is 0.739. The van der Waals surface area contributed by atoms with Crippen molar-refractivity contribution in [2.45, 2.75) is 26.3 Å². The monoisotopic (exact) mass is 236 g/mol. The zero-order valence-electron chi connectivity index (χ0n) is 8.96. The molecule has 2 rings (SSSR count). The van der Waals surface area contributed by atoms with Gasteiger partial charge in [0.2, 0.25) is 0 Å². The minimum Gasteiger partial charge on any atom is -0.335 e. The molecule has 0 saturated heterocycles. The maximum atomic E-state index is 11.8. The zero-order valence-corrected chi connectivity index (χ0v) is 9.78. The molecule has 84 valence electrons. The molecule has 0 aliphatic heterocycles. The van der Waals surface area contributed by atoms with Gasteiger partial charge in [-0.3, -0.25) is 4.79 Å². The molecule has 0 aliphatic carbocycles. The minimum absolute atomic E-state index is 0.0264. The second-order valence-electron chi connectivity index (χ2n) is 3.42. The molecule has 6 heteroatoms. The Kier molecular flexibility index (Phi) is 3.40. The molecule has 2 aromatic heterocycles. The van der Waals surface area contributed by atoms with Crippen LogP contribution in [0.4, 0.5) is 0 Å².